The molecule has 96 valence electrons. The maximum absolute atomic E-state index is 5.85. The molecule has 4 heteroatoms. The van der Waals surface area contributed by atoms with E-state index in [9.17, 15) is 0 Å². The lowest BCUT2D eigenvalue weighted by molar-refractivity contribution is 0.313. The molecule has 0 saturated carbocycles. The number of aryl methyl sites for hydroxylation is 1. The number of hydrogen-bond acceptors (Lipinski definition) is 3. The van der Waals surface area contributed by atoms with E-state index in [1.165, 1.54) is 10.4 Å². The Morgan fingerprint density at radius 1 is 1.33 bits per heavy atom. The monoisotopic (exact) mass is 281 g/mol. The Morgan fingerprint density at radius 3 is 2.94 bits per heavy atom. The zero-order valence-electron chi connectivity index (χ0n) is 10.3. The predicted molar refractivity (Wildman–Crippen MR) is 77.7 cm³/mol. The Hall–Kier alpha value is -1.03. The zero-order chi connectivity index (χ0) is 12.8. The number of rotatable bonds is 6. The smallest absolute Gasteiger partial charge is 0.119 e. The highest BCUT2D eigenvalue weighted by Gasteiger charge is 1.97. The molecule has 0 aliphatic rings. The van der Waals surface area contributed by atoms with Crippen molar-refractivity contribution in [3.63, 3.8) is 0 Å². The van der Waals surface area contributed by atoms with E-state index in [-0.39, 0.29) is 0 Å². The molecule has 0 radical (unpaired) electrons. The van der Waals surface area contributed by atoms with Gasteiger partial charge in [0, 0.05) is 23.3 Å². The minimum absolute atomic E-state index is 0.669. The van der Waals surface area contributed by atoms with Crippen molar-refractivity contribution in [3.05, 3.63) is 51.2 Å². The number of thiophene rings is 1. The SMILES string of the molecule is Cc1cccc(OCCNCc2cc(Cl)cs2)c1. The molecule has 0 saturated heterocycles. The number of ether oxygens (including phenoxy) is 1. The van der Waals surface area contributed by atoms with Crippen LogP contribution in [0.1, 0.15) is 10.4 Å². The van der Waals surface area contributed by atoms with Crippen molar-refractivity contribution in [1.82, 2.24) is 5.32 Å². The summed E-state index contributed by atoms with van der Waals surface area (Å²) in [6.07, 6.45) is 0. The average molecular weight is 282 g/mol. The van der Waals surface area contributed by atoms with Crippen LogP contribution in [-0.2, 0) is 6.54 Å². The molecular weight excluding hydrogens is 266 g/mol. The molecule has 0 bridgehead atoms. The molecule has 1 aromatic carbocycles. The van der Waals surface area contributed by atoms with Crippen LogP contribution in [0.4, 0.5) is 0 Å². The maximum Gasteiger partial charge on any atom is 0.119 e. The molecule has 2 rings (SSSR count). The van der Waals surface area contributed by atoms with Crippen LogP contribution in [0.3, 0.4) is 0 Å². The Bertz CT molecular complexity index is 498. The van der Waals surface area contributed by atoms with Gasteiger partial charge in [0.05, 0.1) is 5.02 Å². The Balaban J connectivity index is 1.64. The van der Waals surface area contributed by atoms with Crippen molar-refractivity contribution in [2.75, 3.05) is 13.2 Å². The van der Waals surface area contributed by atoms with Crippen molar-refractivity contribution < 1.29 is 4.74 Å². The van der Waals surface area contributed by atoms with Gasteiger partial charge >= 0.3 is 0 Å². The van der Waals surface area contributed by atoms with Crippen LogP contribution < -0.4 is 10.1 Å². The van der Waals surface area contributed by atoms with Gasteiger partial charge in [-0.1, -0.05) is 23.7 Å². The Kier molecular flexibility index (Phi) is 5.05. The van der Waals surface area contributed by atoms with E-state index in [2.05, 4.69) is 18.3 Å². The van der Waals surface area contributed by atoms with Crippen molar-refractivity contribution in [2.45, 2.75) is 13.5 Å². The normalized spacial score (nSPS) is 10.6. The lowest BCUT2D eigenvalue weighted by Gasteiger charge is -2.07. The molecule has 2 nitrogen and oxygen atoms in total. The first-order valence-electron chi connectivity index (χ1n) is 5.87. The second kappa shape index (κ2) is 6.78. The van der Waals surface area contributed by atoms with Crippen LogP contribution in [-0.4, -0.2) is 13.2 Å². The van der Waals surface area contributed by atoms with Gasteiger partial charge in [0.2, 0.25) is 0 Å². The fourth-order valence-corrected chi connectivity index (χ4v) is 2.65. The van der Waals surface area contributed by atoms with Gasteiger partial charge in [-0.25, -0.2) is 0 Å². The molecule has 0 atom stereocenters. The van der Waals surface area contributed by atoms with Crippen LogP contribution >= 0.6 is 22.9 Å². The largest absolute Gasteiger partial charge is 0.492 e. The molecular formula is C14H16ClNOS. The maximum atomic E-state index is 5.85. The molecule has 0 spiro atoms. The first kappa shape index (κ1) is 13.4. The van der Waals surface area contributed by atoms with Crippen LogP contribution in [0.15, 0.2) is 35.7 Å². The lowest BCUT2D eigenvalue weighted by atomic mass is 10.2. The molecule has 18 heavy (non-hydrogen) atoms. The standard InChI is InChI=1S/C14H16ClNOS/c1-11-3-2-4-13(7-11)17-6-5-16-9-14-8-12(15)10-18-14/h2-4,7-8,10,16H,5-6,9H2,1H3. The van der Waals surface area contributed by atoms with E-state index in [4.69, 9.17) is 16.3 Å². The van der Waals surface area contributed by atoms with Crippen LogP contribution in [0.25, 0.3) is 0 Å². The van der Waals surface area contributed by atoms with Crippen molar-refractivity contribution in [2.24, 2.45) is 0 Å². The molecule has 2 aromatic rings. The third-order valence-electron chi connectivity index (χ3n) is 2.46. The van der Waals surface area contributed by atoms with Gasteiger partial charge < -0.3 is 10.1 Å². The fourth-order valence-electron chi connectivity index (χ4n) is 1.60. The minimum atomic E-state index is 0.669. The molecule has 0 aliphatic carbocycles. The second-order valence-corrected chi connectivity index (χ2v) is 5.51. The third-order valence-corrected chi connectivity index (χ3v) is 3.74. The average Bonchev–Trinajstić information content (AvgIpc) is 2.75. The quantitative estimate of drug-likeness (QED) is 0.812. The van der Waals surface area contributed by atoms with Crippen molar-refractivity contribution >= 4 is 22.9 Å². The topological polar surface area (TPSA) is 21.3 Å². The van der Waals surface area contributed by atoms with Crippen LogP contribution in [0.5, 0.6) is 5.75 Å². The predicted octanol–water partition coefficient (Wildman–Crippen LogP) is 3.88. The molecule has 0 fully saturated rings. The third kappa shape index (κ3) is 4.33. The van der Waals surface area contributed by atoms with E-state index < -0.39 is 0 Å². The highest BCUT2D eigenvalue weighted by atomic mass is 35.5. The number of nitrogens with one attached hydrogen (secondary N) is 1. The van der Waals surface area contributed by atoms with Crippen molar-refractivity contribution in [3.8, 4) is 5.75 Å². The van der Waals surface area contributed by atoms with E-state index in [0.717, 1.165) is 23.9 Å². The van der Waals surface area contributed by atoms with Gasteiger partial charge in [-0.15, -0.1) is 11.3 Å². The molecule has 1 N–H and O–H groups in total. The molecule has 1 heterocycles. The molecule has 0 unspecified atom stereocenters. The van der Waals surface area contributed by atoms with Gasteiger partial charge in [0.1, 0.15) is 12.4 Å². The summed E-state index contributed by atoms with van der Waals surface area (Å²) in [5.41, 5.74) is 1.22. The molecule has 0 aliphatic heterocycles. The Morgan fingerprint density at radius 2 is 2.22 bits per heavy atom. The van der Waals surface area contributed by atoms with Crippen LogP contribution in [0, 0.1) is 6.92 Å². The fraction of sp³-hybridized carbons (Fsp3) is 0.286. The van der Waals surface area contributed by atoms with Crippen LogP contribution in [0.2, 0.25) is 5.02 Å². The summed E-state index contributed by atoms with van der Waals surface area (Å²) in [7, 11) is 0. The van der Waals surface area contributed by atoms with E-state index in [1.54, 1.807) is 11.3 Å². The van der Waals surface area contributed by atoms with Gasteiger partial charge in [0.15, 0.2) is 0 Å². The first-order valence-corrected chi connectivity index (χ1v) is 7.13. The number of halogens is 1. The summed E-state index contributed by atoms with van der Waals surface area (Å²) >= 11 is 7.52. The van der Waals surface area contributed by atoms with Gasteiger partial charge in [-0.05, 0) is 30.7 Å². The highest BCUT2D eigenvalue weighted by Crippen LogP contribution is 2.18. The van der Waals surface area contributed by atoms with Crippen molar-refractivity contribution in [1.29, 1.82) is 0 Å². The first-order chi connectivity index (χ1) is 8.74. The lowest BCUT2D eigenvalue weighted by Crippen LogP contribution is -2.20. The number of benzene rings is 1. The van der Waals surface area contributed by atoms with E-state index in [0.29, 0.717) is 6.61 Å². The van der Waals surface area contributed by atoms with E-state index in [1.807, 2.05) is 29.6 Å². The number of hydrogen-bond donors (Lipinski definition) is 1. The summed E-state index contributed by atoms with van der Waals surface area (Å²) in [5.74, 6) is 0.927. The zero-order valence-corrected chi connectivity index (χ0v) is 11.9. The summed E-state index contributed by atoms with van der Waals surface area (Å²) < 4.78 is 5.64. The van der Waals surface area contributed by atoms with Gasteiger partial charge in [-0.3, -0.25) is 0 Å². The summed E-state index contributed by atoms with van der Waals surface area (Å²) in [6.45, 7) is 4.40. The molecule has 0 amide bonds. The highest BCUT2D eigenvalue weighted by molar-refractivity contribution is 7.10. The second-order valence-electron chi connectivity index (χ2n) is 4.07. The summed E-state index contributed by atoms with van der Waals surface area (Å²) in [6, 6.07) is 10.1. The summed E-state index contributed by atoms with van der Waals surface area (Å²) in [4.78, 5) is 1.25. The van der Waals surface area contributed by atoms with Gasteiger partial charge in [0.25, 0.3) is 0 Å². The van der Waals surface area contributed by atoms with Gasteiger partial charge in [-0.2, -0.15) is 0 Å². The Labute approximate surface area is 117 Å². The minimum Gasteiger partial charge on any atom is -0.492 e. The van der Waals surface area contributed by atoms with E-state index >= 15 is 0 Å². The summed E-state index contributed by atoms with van der Waals surface area (Å²) in [5, 5.41) is 6.09. The molecule has 1 aromatic heterocycles.